The summed E-state index contributed by atoms with van der Waals surface area (Å²) in [6.45, 7) is 8.19. The number of rotatable bonds is 16. The van der Waals surface area contributed by atoms with Crippen molar-refractivity contribution in [2.45, 2.75) is 216 Å². The van der Waals surface area contributed by atoms with E-state index >= 15 is 0 Å². The van der Waals surface area contributed by atoms with Gasteiger partial charge in [0.15, 0.2) is 18.9 Å². The Bertz CT molecular complexity index is 2130. The predicted molar refractivity (Wildman–Crippen MR) is 262 cm³/mol. The molecule has 0 amide bonds. The normalized spacial score (nSPS) is 51.1. The molecule has 3 saturated carbocycles. The van der Waals surface area contributed by atoms with Gasteiger partial charge in [-0.3, -0.25) is 4.79 Å². The Morgan fingerprint density at radius 2 is 1.27 bits per heavy atom. The number of aliphatic hydroxyl groups excluding tert-OH is 16. The number of esters is 1. The van der Waals surface area contributed by atoms with Crippen LogP contribution in [0.5, 0.6) is 0 Å². The van der Waals surface area contributed by atoms with Gasteiger partial charge in [-0.1, -0.05) is 45.4 Å². The zero-order chi connectivity index (χ0) is 56.7. The van der Waals surface area contributed by atoms with Crippen LogP contribution in [-0.2, 0) is 38.0 Å². The number of carbonyl (C=O) groups excluding carboxylic acids is 1. The molecule has 0 aromatic rings. The van der Waals surface area contributed by atoms with Crippen molar-refractivity contribution in [1.29, 1.82) is 0 Å². The van der Waals surface area contributed by atoms with E-state index in [2.05, 4.69) is 32.9 Å². The Labute approximate surface area is 447 Å². The average Bonchev–Trinajstić information content (AvgIpc) is 3.55. The van der Waals surface area contributed by atoms with Gasteiger partial charge in [0.05, 0.1) is 56.8 Å². The van der Waals surface area contributed by atoms with Crippen LogP contribution < -0.4 is 0 Å². The molecule has 442 valence electrons. The second kappa shape index (κ2) is 22.7. The van der Waals surface area contributed by atoms with Gasteiger partial charge in [-0.2, -0.15) is 0 Å². The van der Waals surface area contributed by atoms with Gasteiger partial charge < -0.3 is 115 Å². The van der Waals surface area contributed by atoms with Crippen molar-refractivity contribution in [2.75, 3.05) is 39.6 Å². The minimum absolute atomic E-state index is 0.0916. The van der Waals surface area contributed by atoms with Crippen LogP contribution in [-0.4, -0.2) is 250 Å². The molecule has 3 heterocycles. The van der Waals surface area contributed by atoms with Gasteiger partial charge in [0.25, 0.3) is 0 Å². The van der Waals surface area contributed by atoms with Crippen LogP contribution in [0.25, 0.3) is 0 Å². The summed E-state index contributed by atoms with van der Waals surface area (Å²) in [5, 5.41) is 171. The van der Waals surface area contributed by atoms with Crippen LogP contribution in [0, 0.1) is 44.3 Å². The highest BCUT2D eigenvalue weighted by molar-refractivity contribution is 5.77. The van der Waals surface area contributed by atoms with E-state index in [4.69, 9.17) is 33.2 Å². The summed E-state index contributed by atoms with van der Waals surface area (Å²) in [4.78, 5) is 14.1. The topological polar surface area (TPSA) is 405 Å². The van der Waals surface area contributed by atoms with E-state index in [1.54, 1.807) is 13.8 Å². The van der Waals surface area contributed by atoms with E-state index in [1.165, 1.54) is 0 Å². The fourth-order valence-electron chi connectivity index (χ4n) is 15.3. The lowest BCUT2D eigenvalue weighted by Gasteiger charge is -2.70. The highest BCUT2D eigenvalue weighted by Gasteiger charge is 2.69. The molecule has 28 atom stereocenters. The van der Waals surface area contributed by atoms with Crippen molar-refractivity contribution in [1.82, 2.24) is 0 Å². The van der Waals surface area contributed by atoms with Crippen LogP contribution in [0.15, 0.2) is 23.3 Å². The molecule has 0 unspecified atom stereocenters. The van der Waals surface area contributed by atoms with Gasteiger partial charge in [0, 0.05) is 16.2 Å². The van der Waals surface area contributed by atoms with Crippen molar-refractivity contribution in [3.63, 3.8) is 0 Å². The largest absolute Gasteiger partial charge is 0.462 e. The standard InChI is InChI=1S/C53H86O24/c1-23-34(61)43(77-45-41(68)39(66)37(64)29(18-55)75-45)42(69)46(73-23)76-33-10-11-49(3)30(50(33,4)21-56)9-12-51(5)31(49)8-7-24-25-15-48(2,13-14-53(25,22-57)32(60)16-52(24,51)6)47(70)72-20-27(59)35(62)26(58)19-71-44-40(67)38(65)36(63)28(17-54)74-44/h7-8,23,26-46,54-69H,9-22H2,1-6H3/t23-,26-,27+,28-,29-,30-,31-,32-,33+,34+,35-,36-,37-,38+,39+,40-,41-,42-,43-,44-,45+,46+,48-,49+,50+,51-,52-,53-/m1/s1. The van der Waals surface area contributed by atoms with Crippen LogP contribution in [0.4, 0.5) is 0 Å². The molecule has 24 heteroatoms. The van der Waals surface area contributed by atoms with Gasteiger partial charge in [-0.15, -0.1) is 0 Å². The number of allylic oxidation sites excluding steroid dienone is 3. The van der Waals surface area contributed by atoms with Crippen LogP contribution in [0.1, 0.15) is 92.9 Å². The number of hydrogen-bond acceptors (Lipinski definition) is 24. The molecule has 24 nitrogen and oxygen atoms in total. The first kappa shape index (κ1) is 61.1. The molecule has 6 fully saturated rings. The molecule has 0 aromatic carbocycles. The highest BCUT2D eigenvalue weighted by Crippen LogP contribution is 2.74. The maximum atomic E-state index is 14.1. The second-order valence-electron chi connectivity index (χ2n) is 24.9. The lowest BCUT2D eigenvalue weighted by molar-refractivity contribution is -0.367. The first-order chi connectivity index (χ1) is 36.1. The van der Waals surface area contributed by atoms with E-state index in [1.807, 2.05) is 6.92 Å². The van der Waals surface area contributed by atoms with E-state index in [-0.39, 0.29) is 44.3 Å². The van der Waals surface area contributed by atoms with E-state index in [0.29, 0.717) is 32.1 Å². The molecule has 8 rings (SSSR count). The Balaban J connectivity index is 0.974. The Morgan fingerprint density at radius 1 is 0.675 bits per heavy atom. The average molecular weight is 1110 g/mol. The fraction of sp³-hybridized carbons (Fsp3) is 0.906. The molecular weight excluding hydrogens is 1020 g/mol. The monoisotopic (exact) mass is 1110 g/mol. The number of hydrogen-bond donors (Lipinski definition) is 16. The summed E-state index contributed by atoms with van der Waals surface area (Å²) >= 11 is 0. The predicted octanol–water partition coefficient (Wildman–Crippen LogP) is -3.90. The molecule has 3 saturated heterocycles. The number of carbonyl (C=O) groups is 1. The minimum atomic E-state index is -1.93. The Kier molecular flexibility index (Phi) is 18.0. The fourth-order valence-corrected chi connectivity index (χ4v) is 15.3. The van der Waals surface area contributed by atoms with Gasteiger partial charge in [-0.05, 0) is 93.5 Å². The molecule has 16 N–H and O–H groups in total. The smallest absolute Gasteiger partial charge is 0.312 e. The molecule has 0 spiro atoms. The first-order valence-corrected chi connectivity index (χ1v) is 27.2. The summed E-state index contributed by atoms with van der Waals surface area (Å²) in [6.07, 6.45) is -23.1. The third-order valence-corrected chi connectivity index (χ3v) is 20.6. The van der Waals surface area contributed by atoms with Gasteiger partial charge in [-0.25, -0.2) is 0 Å². The zero-order valence-electron chi connectivity index (χ0n) is 44.7. The molecule has 0 aromatic heterocycles. The summed E-state index contributed by atoms with van der Waals surface area (Å²) in [7, 11) is 0. The summed E-state index contributed by atoms with van der Waals surface area (Å²) in [6, 6.07) is 0. The number of aliphatic hydroxyl groups is 16. The van der Waals surface area contributed by atoms with Crippen molar-refractivity contribution < 1.29 is 120 Å². The maximum Gasteiger partial charge on any atom is 0.312 e. The molecule has 5 aliphatic carbocycles. The van der Waals surface area contributed by atoms with E-state index in [0.717, 1.165) is 11.1 Å². The minimum Gasteiger partial charge on any atom is -0.462 e. The number of ether oxygens (including phenoxy) is 7. The summed E-state index contributed by atoms with van der Waals surface area (Å²) in [5.74, 6) is -0.991. The van der Waals surface area contributed by atoms with Crippen molar-refractivity contribution in [3.05, 3.63) is 23.3 Å². The van der Waals surface area contributed by atoms with E-state index in [9.17, 15) is 86.5 Å². The molecular formula is C53H86O24. The van der Waals surface area contributed by atoms with Crippen molar-refractivity contribution in [2.24, 2.45) is 44.3 Å². The first-order valence-electron chi connectivity index (χ1n) is 27.2. The number of fused-ring (bicyclic) bond motifs is 6. The highest BCUT2D eigenvalue weighted by atomic mass is 16.7. The van der Waals surface area contributed by atoms with Crippen molar-refractivity contribution in [3.8, 4) is 0 Å². The SMILES string of the molecule is C[C@H]1O[C@@H](O[C@H]2CC[C@@]3(C)[C@@H](CC[C@]4(C)[C@@H]3C=CC3=C5C[C@](C)(C(=O)OC[C@H](O)[C@H](O)[C@H](O)CO[C@@H]6O[C@H](CO)[C@@H](O)[C@H](O)[C@H]6O)CC[C@]5(CO)[C@H](O)C[C@]34C)[C@]2(C)CO)[C@H](O)[C@H](O[C@@H]2O[C@H](CO)[C@@H](O)[C@H](O)[C@H]2O)[C@H]1O. The lowest BCUT2D eigenvalue weighted by atomic mass is 9.35. The van der Waals surface area contributed by atoms with E-state index < -0.39 is 188 Å². The van der Waals surface area contributed by atoms with Gasteiger partial charge >= 0.3 is 5.97 Å². The van der Waals surface area contributed by atoms with Crippen molar-refractivity contribution >= 4 is 5.97 Å². The molecule has 0 bridgehead atoms. The molecule has 3 aliphatic heterocycles. The molecule has 8 aliphatic rings. The van der Waals surface area contributed by atoms with Crippen LogP contribution >= 0.6 is 0 Å². The third kappa shape index (κ3) is 10.1. The lowest BCUT2D eigenvalue weighted by Crippen LogP contribution is -2.67. The third-order valence-electron chi connectivity index (χ3n) is 20.6. The Morgan fingerprint density at radius 3 is 1.88 bits per heavy atom. The summed E-state index contributed by atoms with van der Waals surface area (Å²) in [5.41, 5.74) is -3.23. The van der Waals surface area contributed by atoms with Crippen LogP contribution in [0.2, 0.25) is 0 Å². The van der Waals surface area contributed by atoms with Gasteiger partial charge in [0.2, 0.25) is 0 Å². The molecule has 0 radical (unpaired) electrons. The Hall–Kier alpha value is -1.93. The second-order valence-corrected chi connectivity index (χ2v) is 24.9. The molecule has 77 heavy (non-hydrogen) atoms. The zero-order valence-corrected chi connectivity index (χ0v) is 44.7. The van der Waals surface area contributed by atoms with Crippen LogP contribution in [0.3, 0.4) is 0 Å². The summed E-state index contributed by atoms with van der Waals surface area (Å²) < 4.78 is 40.3. The quantitative estimate of drug-likeness (QED) is 0.0519. The van der Waals surface area contributed by atoms with Gasteiger partial charge in [0.1, 0.15) is 92.1 Å². The maximum absolute atomic E-state index is 14.1.